The summed E-state index contributed by atoms with van der Waals surface area (Å²) in [5, 5.41) is 14.0. The lowest BCUT2D eigenvalue weighted by Gasteiger charge is -2.31. The monoisotopic (exact) mass is 483 g/mol. The van der Waals surface area contributed by atoms with Crippen LogP contribution in [0.5, 0.6) is 0 Å². The summed E-state index contributed by atoms with van der Waals surface area (Å²) in [6.45, 7) is 8.74. The molecule has 1 aliphatic carbocycles. The molecule has 3 rings (SSSR count). The van der Waals surface area contributed by atoms with Gasteiger partial charge in [-0.3, -0.25) is 0 Å². The third-order valence-corrected chi connectivity index (χ3v) is 6.46. The second-order valence-corrected chi connectivity index (χ2v) is 10.00. The number of hydrogen-bond acceptors (Lipinski definition) is 5. The van der Waals surface area contributed by atoms with Crippen LogP contribution in [0.25, 0.3) is 6.08 Å². The van der Waals surface area contributed by atoms with Gasteiger partial charge in [0.25, 0.3) is 0 Å². The van der Waals surface area contributed by atoms with Crippen LogP contribution >= 0.6 is 0 Å². The summed E-state index contributed by atoms with van der Waals surface area (Å²) < 4.78 is 24.6. The van der Waals surface area contributed by atoms with Crippen LogP contribution in [-0.4, -0.2) is 42.5 Å². The number of hydrogen-bond donors (Lipinski definition) is 2. The highest BCUT2D eigenvalue weighted by atomic mass is 19.1. The van der Waals surface area contributed by atoms with Crippen molar-refractivity contribution in [2.24, 2.45) is 5.92 Å². The third-order valence-electron chi connectivity index (χ3n) is 6.46. The molecule has 2 N–H and O–H groups in total. The van der Waals surface area contributed by atoms with Crippen LogP contribution in [0.1, 0.15) is 62.5 Å². The maximum Gasteiger partial charge on any atom is 0.330 e. The van der Waals surface area contributed by atoms with Crippen molar-refractivity contribution in [3.63, 3.8) is 0 Å². The number of rotatable bonds is 12. The Hall–Kier alpha value is -2.54. The second-order valence-electron chi connectivity index (χ2n) is 10.00. The molecule has 2 atom stereocenters. The number of esters is 1. The van der Waals surface area contributed by atoms with E-state index < -0.39 is 24.0 Å². The van der Waals surface area contributed by atoms with Gasteiger partial charge in [-0.1, -0.05) is 30.3 Å². The van der Waals surface area contributed by atoms with E-state index in [0.29, 0.717) is 18.0 Å². The zero-order valence-electron chi connectivity index (χ0n) is 21.2. The van der Waals surface area contributed by atoms with Crippen LogP contribution in [-0.2, 0) is 27.1 Å². The molecule has 0 saturated heterocycles. The van der Waals surface area contributed by atoms with E-state index in [1.165, 1.54) is 35.4 Å². The molecule has 0 fully saturated rings. The van der Waals surface area contributed by atoms with Crippen molar-refractivity contribution in [1.29, 1.82) is 0 Å². The summed E-state index contributed by atoms with van der Waals surface area (Å²) in [4.78, 5) is 11.6. The number of halogens is 1. The average molecular weight is 484 g/mol. The largest absolute Gasteiger partial charge is 0.463 e. The molecule has 0 radical (unpaired) electrons. The fourth-order valence-corrected chi connectivity index (χ4v) is 4.79. The highest BCUT2D eigenvalue weighted by Crippen LogP contribution is 2.32. The number of ether oxygens (including phenoxy) is 2. The van der Waals surface area contributed by atoms with E-state index in [0.717, 1.165) is 24.8 Å². The molecule has 0 spiro atoms. The normalized spacial score (nSPS) is 15.8. The Kier molecular flexibility index (Phi) is 9.61. The highest BCUT2D eigenvalue weighted by molar-refractivity contribution is 5.87. The quantitative estimate of drug-likeness (QED) is 0.328. The predicted octanol–water partition coefficient (Wildman–Crippen LogP) is 5.01. The first kappa shape index (κ1) is 27.1. The number of fused-ring (bicyclic) bond motifs is 1. The van der Waals surface area contributed by atoms with Crippen LogP contribution in [0.3, 0.4) is 0 Å². The SMILES string of the molecule is CCOC(=O)C=Cc1cc(F)ccc1[C@@H](C)OC[C@H](O)CNC(C)(C)CC1Cc2ccccc2C1. The van der Waals surface area contributed by atoms with Crippen molar-refractivity contribution >= 4 is 12.0 Å². The van der Waals surface area contributed by atoms with Gasteiger partial charge in [0.1, 0.15) is 5.82 Å². The Labute approximate surface area is 208 Å². The molecule has 0 unspecified atom stereocenters. The molecule has 2 aromatic rings. The van der Waals surface area contributed by atoms with Gasteiger partial charge in [0.15, 0.2) is 0 Å². The molecular weight excluding hydrogens is 445 g/mol. The summed E-state index contributed by atoms with van der Waals surface area (Å²) in [5.74, 6) is -0.286. The smallest absolute Gasteiger partial charge is 0.330 e. The van der Waals surface area contributed by atoms with E-state index in [1.54, 1.807) is 13.0 Å². The highest BCUT2D eigenvalue weighted by Gasteiger charge is 2.28. The van der Waals surface area contributed by atoms with E-state index >= 15 is 0 Å². The summed E-state index contributed by atoms with van der Waals surface area (Å²) in [6, 6.07) is 13.0. The molecule has 5 nitrogen and oxygen atoms in total. The first-order valence-corrected chi connectivity index (χ1v) is 12.4. The standard InChI is InChI=1S/C29H38FNO4/c1-5-34-28(33)13-10-24-16-25(30)11-12-27(24)20(2)35-19-26(32)18-31-29(3,4)17-21-14-22-8-6-7-9-23(22)15-21/h6-13,16,20-21,26,31-32H,5,14-15,17-19H2,1-4H3/t20-,26-/m1/s1. The number of β-amino-alcohol motifs (C(OH)–C–C–N with tert-alkyl or cyclic N) is 1. The van der Waals surface area contributed by atoms with Crippen molar-refractivity contribution in [2.45, 2.75) is 64.7 Å². The summed E-state index contributed by atoms with van der Waals surface area (Å²) in [6.07, 6.45) is 4.96. The van der Waals surface area contributed by atoms with Gasteiger partial charge in [-0.25, -0.2) is 9.18 Å². The minimum atomic E-state index is -0.684. The minimum Gasteiger partial charge on any atom is -0.463 e. The Bertz CT molecular complexity index is 994. The minimum absolute atomic E-state index is 0.110. The van der Waals surface area contributed by atoms with Gasteiger partial charge in [-0.15, -0.1) is 0 Å². The molecule has 190 valence electrons. The van der Waals surface area contributed by atoms with E-state index in [-0.39, 0.29) is 18.8 Å². The van der Waals surface area contributed by atoms with Gasteiger partial charge in [0.05, 0.1) is 25.4 Å². The zero-order chi connectivity index (χ0) is 25.4. The number of aliphatic hydroxyl groups excluding tert-OH is 1. The number of carbonyl (C=O) groups is 1. The molecule has 0 bridgehead atoms. The lowest BCUT2D eigenvalue weighted by molar-refractivity contribution is -0.137. The molecule has 35 heavy (non-hydrogen) atoms. The summed E-state index contributed by atoms with van der Waals surface area (Å²) >= 11 is 0. The van der Waals surface area contributed by atoms with Crippen molar-refractivity contribution < 1.29 is 23.8 Å². The van der Waals surface area contributed by atoms with E-state index in [1.807, 2.05) is 6.92 Å². The molecule has 2 aromatic carbocycles. The van der Waals surface area contributed by atoms with Gasteiger partial charge in [-0.05, 0) is 93.3 Å². The molecule has 0 amide bonds. The molecule has 0 aliphatic heterocycles. The third kappa shape index (κ3) is 8.27. The van der Waals surface area contributed by atoms with E-state index in [9.17, 15) is 14.3 Å². The fourth-order valence-electron chi connectivity index (χ4n) is 4.79. The van der Waals surface area contributed by atoms with E-state index in [4.69, 9.17) is 9.47 Å². The van der Waals surface area contributed by atoms with Crippen molar-refractivity contribution in [3.05, 3.63) is 76.6 Å². The van der Waals surface area contributed by atoms with Crippen LogP contribution in [0.15, 0.2) is 48.5 Å². The molecule has 0 heterocycles. The van der Waals surface area contributed by atoms with Crippen LogP contribution in [0, 0.1) is 11.7 Å². The van der Waals surface area contributed by atoms with Crippen LogP contribution in [0.2, 0.25) is 0 Å². The lowest BCUT2D eigenvalue weighted by atomic mass is 9.88. The first-order chi connectivity index (χ1) is 16.7. The Balaban J connectivity index is 1.48. The van der Waals surface area contributed by atoms with Crippen molar-refractivity contribution in [1.82, 2.24) is 5.32 Å². The molecule has 6 heteroatoms. The van der Waals surface area contributed by atoms with Gasteiger partial charge in [0, 0.05) is 18.2 Å². The fraction of sp³-hybridized carbons (Fsp3) is 0.483. The van der Waals surface area contributed by atoms with Crippen LogP contribution < -0.4 is 5.32 Å². The Morgan fingerprint density at radius 2 is 1.91 bits per heavy atom. The van der Waals surface area contributed by atoms with Gasteiger partial charge in [0.2, 0.25) is 0 Å². The Morgan fingerprint density at radius 1 is 1.23 bits per heavy atom. The van der Waals surface area contributed by atoms with Crippen molar-refractivity contribution in [2.75, 3.05) is 19.8 Å². The molecule has 0 aromatic heterocycles. The van der Waals surface area contributed by atoms with Gasteiger partial charge < -0.3 is 19.9 Å². The number of benzene rings is 2. The molecular formula is C29H38FNO4. The first-order valence-electron chi connectivity index (χ1n) is 12.4. The topological polar surface area (TPSA) is 67.8 Å². The molecule has 1 aliphatic rings. The van der Waals surface area contributed by atoms with Crippen molar-refractivity contribution in [3.8, 4) is 0 Å². The number of nitrogens with one attached hydrogen (secondary N) is 1. The molecule has 0 saturated carbocycles. The average Bonchev–Trinajstić information content (AvgIpc) is 3.21. The second kappa shape index (κ2) is 12.4. The maximum atomic E-state index is 13.8. The Morgan fingerprint density at radius 3 is 2.57 bits per heavy atom. The number of aliphatic hydroxyl groups is 1. The van der Waals surface area contributed by atoms with Gasteiger partial charge in [-0.2, -0.15) is 0 Å². The summed E-state index contributed by atoms with van der Waals surface area (Å²) in [5.41, 5.74) is 4.06. The zero-order valence-corrected chi connectivity index (χ0v) is 21.2. The van der Waals surface area contributed by atoms with Gasteiger partial charge >= 0.3 is 5.97 Å². The van der Waals surface area contributed by atoms with E-state index in [2.05, 4.69) is 43.4 Å². The summed E-state index contributed by atoms with van der Waals surface area (Å²) in [7, 11) is 0. The predicted molar refractivity (Wildman–Crippen MR) is 136 cm³/mol. The maximum absolute atomic E-state index is 13.8. The lowest BCUT2D eigenvalue weighted by Crippen LogP contribution is -2.45. The van der Waals surface area contributed by atoms with Crippen LogP contribution in [0.4, 0.5) is 4.39 Å². The number of carbonyl (C=O) groups excluding carboxylic acids is 1.